The number of aliphatic carboxylic acids is 1. The van der Waals surface area contributed by atoms with Gasteiger partial charge in [-0.3, -0.25) is 0 Å². The highest BCUT2D eigenvalue weighted by Gasteiger charge is 2.30. The smallest absolute Gasteiger partial charge is 0.410 e. The lowest BCUT2D eigenvalue weighted by Gasteiger charge is -2.25. The Labute approximate surface area is 199 Å². The number of carbonyl (C=O) groups excluding carboxylic acids is 2. The Morgan fingerprint density at radius 2 is 1.59 bits per heavy atom. The first-order chi connectivity index (χ1) is 16.1. The van der Waals surface area contributed by atoms with Crippen molar-refractivity contribution >= 4 is 18.2 Å². The molecule has 3 rings (SSSR count). The maximum Gasteiger partial charge on any atom is 0.410 e. The van der Waals surface area contributed by atoms with E-state index in [0.29, 0.717) is 13.0 Å². The summed E-state index contributed by atoms with van der Waals surface area (Å²) in [6, 6.07) is 14.9. The van der Waals surface area contributed by atoms with Gasteiger partial charge in [-0.2, -0.15) is 0 Å². The summed E-state index contributed by atoms with van der Waals surface area (Å²) in [5, 5.41) is 11.9. The Bertz CT molecular complexity index is 1000. The number of alkyl carbamates (subject to hydrolysis) is 1. The van der Waals surface area contributed by atoms with Gasteiger partial charge in [0.1, 0.15) is 18.2 Å². The lowest BCUT2D eigenvalue weighted by atomic mass is 9.98. The van der Waals surface area contributed by atoms with Gasteiger partial charge in [-0.25, -0.2) is 14.4 Å². The quantitative estimate of drug-likeness (QED) is 0.585. The highest BCUT2D eigenvalue weighted by Crippen LogP contribution is 2.44. The normalized spacial score (nSPS) is 13.4. The largest absolute Gasteiger partial charge is 0.480 e. The van der Waals surface area contributed by atoms with Crippen LogP contribution in [0.25, 0.3) is 11.1 Å². The molecule has 0 bridgehead atoms. The van der Waals surface area contributed by atoms with Crippen LogP contribution in [0.1, 0.15) is 50.7 Å². The molecule has 8 nitrogen and oxygen atoms in total. The predicted molar refractivity (Wildman–Crippen MR) is 128 cm³/mol. The van der Waals surface area contributed by atoms with E-state index in [0.717, 1.165) is 22.3 Å². The van der Waals surface area contributed by atoms with Crippen LogP contribution in [0.15, 0.2) is 48.5 Å². The minimum absolute atomic E-state index is 0.105. The van der Waals surface area contributed by atoms with Crippen molar-refractivity contribution in [3.8, 4) is 11.1 Å². The number of amides is 2. The molecule has 1 aliphatic carbocycles. The second-order valence-electron chi connectivity index (χ2n) is 9.40. The molecular formula is C26H32N2O6. The number of rotatable bonds is 8. The minimum Gasteiger partial charge on any atom is -0.480 e. The standard InChI is InChI=1S/C26H32N2O6/c1-26(2,3)34-25(32)28(4)15-9-14-22(23(29)30)27-24(31)33-16-21-19-12-7-5-10-17(19)18-11-6-8-13-20(18)21/h5-8,10-13,21-22H,9,14-16H2,1-4H3,(H,27,31)(H,29,30)/t22-/m0/s1. The number of nitrogens with zero attached hydrogens (tertiary/aromatic N) is 1. The third-order valence-electron chi connectivity index (χ3n) is 5.63. The van der Waals surface area contributed by atoms with Gasteiger partial charge in [0.2, 0.25) is 0 Å². The highest BCUT2D eigenvalue weighted by molar-refractivity contribution is 5.81. The Kier molecular flexibility index (Phi) is 7.81. The molecular weight excluding hydrogens is 436 g/mol. The van der Waals surface area contributed by atoms with Gasteiger partial charge in [-0.1, -0.05) is 48.5 Å². The van der Waals surface area contributed by atoms with Crippen molar-refractivity contribution in [2.24, 2.45) is 0 Å². The number of hydrogen-bond acceptors (Lipinski definition) is 5. The molecule has 0 spiro atoms. The van der Waals surface area contributed by atoms with E-state index < -0.39 is 29.8 Å². The van der Waals surface area contributed by atoms with E-state index >= 15 is 0 Å². The molecule has 0 heterocycles. The van der Waals surface area contributed by atoms with Crippen molar-refractivity contribution in [1.29, 1.82) is 0 Å². The number of carboxylic acids is 1. The van der Waals surface area contributed by atoms with Crippen molar-refractivity contribution in [2.45, 2.75) is 51.2 Å². The summed E-state index contributed by atoms with van der Waals surface area (Å²) in [4.78, 5) is 37.5. The van der Waals surface area contributed by atoms with Gasteiger partial charge in [0.15, 0.2) is 0 Å². The average Bonchev–Trinajstić information content (AvgIpc) is 3.09. The topological polar surface area (TPSA) is 105 Å². The fourth-order valence-corrected chi connectivity index (χ4v) is 4.00. The van der Waals surface area contributed by atoms with E-state index in [4.69, 9.17) is 9.47 Å². The minimum atomic E-state index is -1.16. The zero-order valence-corrected chi connectivity index (χ0v) is 20.0. The molecule has 182 valence electrons. The summed E-state index contributed by atoms with van der Waals surface area (Å²) in [6.45, 7) is 5.73. The molecule has 0 aliphatic heterocycles. The molecule has 2 amide bonds. The van der Waals surface area contributed by atoms with Crippen LogP contribution >= 0.6 is 0 Å². The summed E-state index contributed by atoms with van der Waals surface area (Å²) >= 11 is 0. The van der Waals surface area contributed by atoms with Gasteiger partial charge in [-0.15, -0.1) is 0 Å². The Morgan fingerprint density at radius 1 is 1.03 bits per heavy atom. The number of ether oxygens (including phenoxy) is 2. The Hall–Kier alpha value is -3.55. The van der Waals surface area contributed by atoms with E-state index in [2.05, 4.69) is 5.32 Å². The third-order valence-corrected chi connectivity index (χ3v) is 5.63. The zero-order chi connectivity index (χ0) is 24.9. The van der Waals surface area contributed by atoms with E-state index in [9.17, 15) is 19.5 Å². The van der Waals surface area contributed by atoms with Crippen LogP contribution in [-0.2, 0) is 14.3 Å². The number of hydrogen-bond donors (Lipinski definition) is 2. The lowest BCUT2D eigenvalue weighted by Crippen LogP contribution is -2.42. The zero-order valence-electron chi connectivity index (χ0n) is 20.0. The number of fused-ring (bicyclic) bond motifs is 3. The third kappa shape index (κ3) is 6.27. The first-order valence-corrected chi connectivity index (χ1v) is 11.3. The summed E-state index contributed by atoms with van der Waals surface area (Å²) < 4.78 is 10.7. The van der Waals surface area contributed by atoms with Crippen molar-refractivity contribution in [1.82, 2.24) is 10.2 Å². The van der Waals surface area contributed by atoms with Crippen LogP contribution in [0.3, 0.4) is 0 Å². The first-order valence-electron chi connectivity index (χ1n) is 11.3. The van der Waals surface area contributed by atoms with Crippen molar-refractivity contribution < 1.29 is 29.0 Å². The molecule has 1 aliphatic rings. The number of carbonyl (C=O) groups is 3. The van der Waals surface area contributed by atoms with Crippen LogP contribution in [-0.4, -0.2) is 60.0 Å². The van der Waals surface area contributed by atoms with Crippen molar-refractivity contribution in [3.63, 3.8) is 0 Å². The number of nitrogens with one attached hydrogen (secondary N) is 1. The van der Waals surface area contributed by atoms with Gasteiger partial charge in [0.05, 0.1) is 0 Å². The summed E-state index contributed by atoms with van der Waals surface area (Å²) in [7, 11) is 1.59. The number of benzene rings is 2. The summed E-state index contributed by atoms with van der Waals surface area (Å²) in [6.07, 6.45) is -0.748. The SMILES string of the molecule is CN(CCC[C@H](NC(=O)OCC1c2ccccc2-c2ccccc21)C(=O)O)C(=O)OC(C)(C)C. The fourth-order valence-electron chi connectivity index (χ4n) is 4.00. The van der Waals surface area contributed by atoms with Crippen LogP contribution in [0, 0.1) is 0 Å². The molecule has 1 atom stereocenters. The molecule has 8 heteroatoms. The summed E-state index contributed by atoms with van der Waals surface area (Å²) in [5.41, 5.74) is 3.78. The Balaban J connectivity index is 1.52. The highest BCUT2D eigenvalue weighted by atomic mass is 16.6. The predicted octanol–water partition coefficient (Wildman–Crippen LogP) is 4.63. The maximum absolute atomic E-state index is 12.4. The first kappa shape index (κ1) is 25.1. The van der Waals surface area contributed by atoms with Gasteiger partial charge in [0, 0.05) is 19.5 Å². The van der Waals surface area contributed by atoms with Crippen LogP contribution in [0.5, 0.6) is 0 Å². The fraction of sp³-hybridized carbons (Fsp3) is 0.423. The Morgan fingerprint density at radius 3 is 2.12 bits per heavy atom. The van der Waals surface area contributed by atoms with E-state index in [1.54, 1.807) is 27.8 Å². The van der Waals surface area contributed by atoms with Gasteiger partial charge >= 0.3 is 18.2 Å². The second kappa shape index (κ2) is 10.6. The monoisotopic (exact) mass is 468 g/mol. The molecule has 2 aromatic rings. The molecule has 0 saturated carbocycles. The average molecular weight is 469 g/mol. The molecule has 2 N–H and O–H groups in total. The van der Waals surface area contributed by atoms with Gasteiger partial charge in [0.25, 0.3) is 0 Å². The molecule has 0 fully saturated rings. The summed E-state index contributed by atoms with van der Waals surface area (Å²) in [5.74, 6) is -1.27. The molecule has 0 radical (unpaired) electrons. The maximum atomic E-state index is 12.4. The van der Waals surface area contributed by atoms with Gasteiger partial charge < -0.3 is 24.8 Å². The molecule has 0 aromatic heterocycles. The molecule has 34 heavy (non-hydrogen) atoms. The van der Waals surface area contributed by atoms with E-state index in [-0.39, 0.29) is 18.9 Å². The van der Waals surface area contributed by atoms with Crippen LogP contribution < -0.4 is 5.32 Å². The number of carboxylic acid groups (broad SMARTS) is 1. The van der Waals surface area contributed by atoms with E-state index in [1.807, 2.05) is 48.5 Å². The second-order valence-corrected chi connectivity index (χ2v) is 9.40. The van der Waals surface area contributed by atoms with Crippen LogP contribution in [0.2, 0.25) is 0 Å². The van der Waals surface area contributed by atoms with Crippen molar-refractivity contribution in [3.05, 3.63) is 59.7 Å². The van der Waals surface area contributed by atoms with Crippen molar-refractivity contribution in [2.75, 3.05) is 20.2 Å². The molecule has 0 unspecified atom stereocenters. The van der Waals surface area contributed by atoms with Gasteiger partial charge in [-0.05, 0) is 55.9 Å². The van der Waals surface area contributed by atoms with Crippen LogP contribution in [0.4, 0.5) is 9.59 Å². The molecule has 0 saturated heterocycles. The lowest BCUT2D eigenvalue weighted by molar-refractivity contribution is -0.139. The van der Waals surface area contributed by atoms with E-state index in [1.165, 1.54) is 4.90 Å². The molecule has 2 aromatic carbocycles.